The van der Waals surface area contributed by atoms with Crippen molar-refractivity contribution in [3.63, 3.8) is 0 Å². The Kier molecular flexibility index (Phi) is 4.17. The van der Waals surface area contributed by atoms with Crippen LogP contribution in [0.25, 0.3) is 10.2 Å². The second-order valence-electron chi connectivity index (χ2n) is 7.03. The van der Waals surface area contributed by atoms with E-state index in [1.807, 2.05) is 23.1 Å². The highest BCUT2D eigenvalue weighted by Gasteiger charge is 2.33. The Morgan fingerprint density at radius 2 is 1.94 bits per heavy atom. The standard InChI is InChI=1S/C19H14N4O5S3/c24-17(21-18-20-11-8-13-14(9-15(11)29-18)28-5-4-27-13)10-1-2-12-16(7-10)30-19-22-31(25,26)6-3-23(12)19/h1-2,7-9H,3-6H2,(H,20,21,24). The third-order valence-corrected chi connectivity index (χ3v) is 8.25. The molecule has 0 unspecified atom stereocenters. The van der Waals surface area contributed by atoms with E-state index in [0.717, 1.165) is 20.8 Å². The number of amidine groups is 1. The summed E-state index contributed by atoms with van der Waals surface area (Å²) in [7, 11) is -3.42. The van der Waals surface area contributed by atoms with Crippen molar-refractivity contribution in [2.75, 3.05) is 35.7 Å². The van der Waals surface area contributed by atoms with Gasteiger partial charge in [-0.2, -0.15) is 0 Å². The van der Waals surface area contributed by atoms with E-state index in [4.69, 9.17) is 9.47 Å². The number of nitrogens with zero attached hydrogens (tertiary/aromatic N) is 3. The lowest BCUT2D eigenvalue weighted by Gasteiger charge is -2.22. The lowest BCUT2D eigenvalue weighted by molar-refractivity contribution is 0.102. The third kappa shape index (κ3) is 3.30. The smallest absolute Gasteiger partial charge is 0.257 e. The number of ether oxygens (including phenoxy) is 2. The van der Waals surface area contributed by atoms with E-state index < -0.39 is 10.0 Å². The number of hydrogen-bond donors (Lipinski definition) is 1. The number of benzene rings is 2. The summed E-state index contributed by atoms with van der Waals surface area (Å²) in [6.45, 7) is 1.36. The predicted octanol–water partition coefficient (Wildman–Crippen LogP) is 2.93. The van der Waals surface area contributed by atoms with E-state index in [9.17, 15) is 13.2 Å². The molecule has 6 rings (SSSR count). The van der Waals surface area contributed by atoms with Crippen molar-refractivity contribution in [3.05, 3.63) is 35.9 Å². The average Bonchev–Trinajstić information content (AvgIpc) is 3.29. The first-order valence-electron chi connectivity index (χ1n) is 9.39. The monoisotopic (exact) mass is 474 g/mol. The molecule has 0 aliphatic carbocycles. The van der Waals surface area contributed by atoms with Crippen LogP contribution in [0.15, 0.2) is 39.6 Å². The average molecular weight is 475 g/mol. The van der Waals surface area contributed by atoms with Gasteiger partial charge in [-0.3, -0.25) is 10.1 Å². The van der Waals surface area contributed by atoms with Gasteiger partial charge in [0.2, 0.25) is 0 Å². The summed E-state index contributed by atoms with van der Waals surface area (Å²) in [6, 6.07) is 8.96. The molecule has 12 heteroatoms. The molecule has 31 heavy (non-hydrogen) atoms. The zero-order chi connectivity index (χ0) is 21.2. The molecule has 0 bridgehead atoms. The van der Waals surface area contributed by atoms with E-state index in [-0.39, 0.29) is 11.7 Å². The maximum absolute atomic E-state index is 12.8. The number of nitrogens with one attached hydrogen (secondary N) is 1. The minimum absolute atomic E-state index is 0.0180. The first-order chi connectivity index (χ1) is 14.9. The van der Waals surface area contributed by atoms with Crippen molar-refractivity contribution < 1.29 is 22.7 Å². The number of aromatic nitrogens is 1. The Morgan fingerprint density at radius 3 is 2.77 bits per heavy atom. The molecule has 2 aromatic carbocycles. The van der Waals surface area contributed by atoms with Crippen LogP contribution in [0.2, 0.25) is 0 Å². The highest BCUT2D eigenvalue weighted by molar-refractivity contribution is 8.15. The minimum Gasteiger partial charge on any atom is -0.486 e. The second kappa shape index (κ2) is 6.84. The maximum Gasteiger partial charge on any atom is 0.257 e. The predicted molar refractivity (Wildman–Crippen MR) is 119 cm³/mol. The van der Waals surface area contributed by atoms with Crippen LogP contribution in [0.5, 0.6) is 11.5 Å². The second-order valence-corrected chi connectivity index (χ2v) is 10.8. The third-order valence-electron chi connectivity index (χ3n) is 5.01. The molecule has 1 N–H and O–H groups in total. The summed E-state index contributed by atoms with van der Waals surface area (Å²) >= 11 is 2.61. The highest BCUT2D eigenvalue weighted by Crippen LogP contribution is 2.42. The summed E-state index contributed by atoms with van der Waals surface area (Å²) in [5.74, 6) is 1.02. The molecule has 158 valence electrons. The SMILES string of the molecule is O=C(Nc1nc2cc3c(cc2s1)OCCO3)c1ccc2c(c1)SC1=NS(=O)(=O)CCN12. The van der Waals surface area contributed by atoms with Crippen LogP contribution in [-0.4, -0.2) is 50.0 Å². The fraction of sp³-hybridized carbons (Fsp3) is 0.211. The molecule has 1 amide bonds. The first kappa shape index (κ1) is 18.9. The van der Waals surface area contributed by atoms with Gasteiger partial charge in [0.1, 0.15) is 13.2 Å². The molecule has 4 heterocycles. The number of sulfonamides is 1. The van der Waals surface area contributed by atoms with Gasteiger partial charge in [0.15, 0.2) is 21.8 Å². The lowest BCUT2D eigenvalue weighted by Crippen LogP contribution is -2.35. The normalized spacial score (nSPS) is 18.3. The van der Waals surface area contributed by atoms with E-state index in [1.165, 1.54) is 23.1 Å². The maximum atomic E-state index is 12.8. The number of thiazole rings is 1. The van der Waals surface area contributed by atoms with Crippen LogP contribution >= 0.6 is 23.1 Å². The van der Waals surface area contributed by atoms with Crippen molar-refractivity contribution in [1.82, 2.24) is 4.98 Å². The number of amides is 1. The van der Waals surface area contributed by atoms with Gasteiger partial charge < -0.3 is 14.4 Å². The molecule has 3 aliphatic heterocycles. The van der Waals surface area contributed by atoms with E-state index in [1.54, 1.807) is 12.1 Å². The zero-order valence-electron chi connectivity index (χ0n) is 15.8. The molecular formula is C19H14N4O5S3. The van der Waals surface area contributed by atoms with Crippen LogP contribution in [0.1, 0.15) is 10.4 Å². The van der Waals surface area contributed by atoms with Crippen molar-refractivity contribution in [3.8, 4) is 11.5 Å². The summed E-state index contributed by atoms with van der Waals surface area (Å²) in [6.07, 6.45) is 0. The van der Waals surface area contributed by atoms with Crippen molar-refractivity contribution in [1.29, 1.82) is 0 Å². The van der Waals surface area contributed by atoms with Gasteiger partial charge in [0, 0.05) is 29.1 Å². The Labute approximate surface area is 185 Å². The molecule has 1 aromatic heterocycles. The molecule has 0 radical (unpaired) electrons. The van der Waals surface area contributed by atoms with Crippen LogP contribution in [0.4, 0.5) is 10.8 Å². The number of fused-ring (bicyclic) bond motifs is 5. The Balaban J connectivity index is 1.26. The molecule has 0 atom stereocenters. The molecule has 3 aromatic rings. The van der Waals surface area contributed by atoms with E-state index >= 15 is 0 Å². The van der Waals surface area contributed by atoms with Gasteiger partial charge in [-0.25, -0.2) is 13.4 Å². The lowest BCUT2D eigenvalue weighted by atomic mass is 10.2. The summed E-state index contributed by atoms with van der Waals surface area (Å²) in [4.78, 5) is 20.0. The summed E-state index contributed by atoms with van der Waals surface area (Å²) < 4.78 is 39.4. The Bertz CT molecular complexity index is 1360. The first-order valence-corrected chi connectivity index (χ1v) is 12.6. The summed E-state index contributed by atoms with van der Waals surface area (Å²) in [5, 5.41) is 3.75. The quantitative estimate of drug-likeness (QED) is 0.604. The molecule has 0 spiro atoms. The Hall–Kier alpha value is -2.83. The number of carbonyl (C=O) groups excluding carboxylic acids is 1. The van der Waals surface area contributed by atoms with Crippen molar-refractivity contribution >= 4 is 65.2 Å². The van der Waals surface area contributed by atoms with E-state index in [2.05, 4.69) is 14.7 Å². The van der Waals surface area contributed by atoms with Crippen molar-refractivity contribution in [2.24, 2.45) is 4.40 Å². The topological polar surface area (TPSA) is 110 Å². The number of rotatable bonds is 2. The van der Waals surface area contributed by atoms with Gasteiger partial charge >= 0.3 is 0 Å². The van der Waals surface area contributed by atoms with Gasteiger partial charge in [0.05, 0.1) is 21.7 Å². The number of hydrogen-bond acceptors (Lipinski definition) is 9. The summed E-state index contributed by atoms with van der Waals surface area (Å²) in [5.41, 5.74) is 2.05. The van der Waals surface area contributed by atoms with Crippen LogP contribution < -0.4 is 19.7 Å². The fourth-order valence-electron chi connectivity index (χ4n) is 3.56. The molecule has 0 saturated carbocycles. The molecule has 3 aliphatic rings. The molecule has 0 fully saturated rings. The molecule has 9 nitrogen and oxygen atoms in total. The number of anilines is 2. The van der Waals surface area contributed by atoms with Gasteiger partial charge in [-0.15, -0.1) is 4.40 Å². The van der Waals surface area contributed by atoms with Gasteiger partial charge in [-0.05, 0) is 30.0 Å². The highest BCUT2D eigenvalue weighted by atomic mass is 32.2. The van der Waals surface area contributed by atoms with Crippen LogP contribution in [0.3, 0.4) is 0 Å². The fourth-order valence-corrected chi connectivity index (χ4v) is 6.73. The molecule has 0 saturated heterocycles. The molecular weight excluding hydrogens is 460 g/mol. The number of carbonyl (C=O) groups is 1. The van der Waals surface area contributed by atoms with Gasteiger partial charge in [0.25, 0.3) is 15.9 Å². The van der Waals surface area contributed by atoms with Crippen molar-refractivity contribution in [2.45, 2.75) is 4.90 Å². The van der Waals surface area contributed by atoms with Crippen LogP contribution in [0, 0.1) is 0 Å². The minimum atomic E-state index is -3.42. The van der Waals surface area contributed by atoms with E-state index in [0.29, 0.717) is 47.1 Å². The largest absolute Gasteiger partial charge is 0.486 e. The number of thioether (sulfide) groups is 1. The Morgan fingerprint density at radius 1 is 1.13 bits per heavy atom. The zero-order valence-corrected chi connectivity index (χ0v) is 18.3. The van der Waals surface area contributed by atoms with Crippen LogP contribution in [-0.2, 0) is 10.0 Å². The van der Waals surface area contributed by atoms with Gasteiger partial charge in [-0.1, -0.05) is 11.3 Å².